The number of carbonyl (C=O) groups is 2. The van der Waals surface area contributed by atoms with Gasteiger partial charge in [0.25, 0.3) is 0 Å². The molecule has 2 aromatic rings. The van der Waals surface area contributed by atoms with Crippen molar-refractivity contribution in [3.63, 3.8) is 0 Å². The molecule has 2 N–H and O–H groups in total. The van der Waals surface area contributed by atoms with Gasteiger partial charge in [-0.2, -0.15) is 5.10 Å². The lowest BCUT2D eigenvalue weighted by Gasteiger charge is -2.25. The first-order valence-corrected chi connectivity index (χ1v) is 8.42. The third-order valence-electron chi connectivity index (χ3n) is 4.36. The molecule has 1 atom stereocenters. The van der Waals surface area contributed by atoms with Crippen LogP contribution in [-0.2, 0) is 16.1 Å². The summed E-state index contributed by atoms with van der Waals surface area (Å²) in [5.41, 5.74) is 1.84. The molecule has 2 amide bonds. The van der Waals surface area contributed by atoms with Gasteiger partial charge in [-0.05, 0) is 31.0 Å². The van der Waals surface area contributed by atoms with Crippen molar-refractivity contribution in [2.45, 2.75) is 45.6 Å². The smallest absolute Gasteiger partial charge is 0.233 e. The lowest BCUT2D eigenvalue weighted by Crippen LogP contribution is -2.31. The monoisotopic (exact) mass is 344 g/mol. The summed E-state index contributed by atoms with van der Waals surface area (Å²) in [7, 11) is 0. The molecule has 0 aliphatic carbocycles. The molecular formula is C18H21FN4O2. The Morgan fingerprint density at radius 1 is 1.48 bits per heavy atom. The molecular weight excluding hydrogens is 323 g/mol. The standard InChI is InChI=1S/C18H21FN4O2/c1-3-4-7-23-17(11(2)10-20-23)22-18(25)14-9-16(24)21-15-8-12(19)5-6-13(14)15/h5-6,8,10,14H,3-4,7,9H2,1-2H3,(H,21,24)(H,22,25). The van der Waals surface area contributed by atoms with Gasteiger partial charge in [0.15, 0.2) is 0 Å². The van der Waals surface area contributed by atoms with Crippen molar-refractivity contribution in [3.05, 3.63) is 41.3 Å². The zero-order valence-electron chi connectivity index (χ0n) is 14.3. The van der Waals surface area contributed by atoms with Gasteiger partial charge >= 0.3 is 0 Å². The maximum atomic E-state index is 13.4. The van der Waals surface area contributed by atoms with E-state index in [1.54, 1.807) is 16.9 Å². The van der Waals surface area contributed by atoms with Crippen LogP contribution in [0.5, 0.6) is 0 Å². The van der Waals surface area contributed by atoms with E-state index in [0.717, 1.165) is 18.4 Å². The summed E-state index contributed by atoms with van der Waals surface area (Å²) in [6.07, 6.45) is 3.72. The third kappa shape index (κ3) is 3.55. The average Bonchev–Trinajstić information content (AvgIpc) is 2.91. The zero-order chi connectivity index (χ0) is 18.0. The Hall–Kier alpha value is -2.70. The molecule has 6 nitrogen and oxygen atoms in total. The number of fused-ring (bicyclic) bond motifs is 1. The van der Waals surface area contributed by atoms with E-state index in [1.165, 1.54) is 12.1 Å². The molecule has 0 saturated carbocycles. The number of hydrogen-bond acceptors (Lipinski definition) is 3. The Morgan fingerprint density at radius 3 is 3.04 bits per heavy atom. The van der Waals surface area contributed by atoms with Crippen molar-refractivity contribution in [2.24, 2.45) is 0 Å². The van der Waals surface area contributed by atoms with E-state index in [2.05, 4.69) is 22.7 Å². The van der Waals surface area contributed by atoms with Crippen LogP contribution in [0.2, 0.25) is 0 Å². The van der Waals surface area contributed by atoms with Crippen molar-refractivity contribution in [1.29, 1.82) is 0 Å². The first-order valence-electron chi connectivity index (χ1n) is 8.42. The normalized spacial score (nSPS) is 16.3. The Morgan fingerprint density at radius 2 is 2.28 bits per heavy atom. The summed E-state index contributed by atoms with van der Waals surface area (Å²) in [4.78, 5) is 24.7. The van der Waals surface area contributed by atoms with Gasteiger partial charge in [0, 0.05) is 24.2 Å². The summed E-state index contributed by atoms with van der Waals surface area (Å²) in [6, 6.07) is 4.09. The van der Waals surface area contributed by atoms with E-state index in [9.17, 15) is 14.0 Å². The molecule has 1 aromatic heterocycles. The van der Waals surface area contributed by atoms with Gasteiger partial charge in [-0.25, -0.2) is 9.07 Å². The van der Waals surface area contributed by atoms with Crippen LogP contribution >= 0.6 is 0 Å². The van der Waals surface area contributed by atoms with Crippen LogP contribution in [0, 0.1) is 12.7 Å². The first-order chi connectivity index (χ1) is 12.0. The van der Waals surface area contributed by atoms with E-state index in [1.807, 2.05) is 6.92 Å². The molecule has 2 heterocycles. The molecule has 0 saturated heterocycles. The van der Waals surface area contributed by atoms with Gasteiger partial charge in [-0.15, -0.1) is 0 Å². The zero-order valence-corrected chi connectivity index (χ0v) is 14.3. The number of halogens is 1. The van der Waals surface area contributed by atoms with Crippen molar-refractivity contribution < 1.29 is 14.0 Å². The number of aryl methyl sites for hydroxylation is 2. The van der Waals surface area contributed by atoms with Gasteiger partial charge in [0.2, 0.25) is 11.8 Å². The molecule has 0 spiro atoms. The Bertz CT molecular complexity index is 815. The number of carbonyl (C=O) groups excluding carboxylic acids is 2. The number of anilines is 2. The molecule has 25 heavy (non-hydrogen) atoms. The summed E-state index contributed by atoms with van der Waals surface area (Å²) < 4.78 is 15.2. The molecule has 1 aliphatic rings. The van der Waals surface area contributed by atoms with Gasteiger partial charge < -0.3 is 10.6 Å². The quantitative estimate of drug-likeness (QED) is 0.874. The van der Waals surface area contributed by atoms with E-state index in [-0.39, 0.29) is 18.2 Å². The lowest BCUT2D eigenvalue weighted by atomic mass is 9.89. The van der Waals surface area contributed by atoms with Crippen molar-refractivity contribution >= 4 is 23.3 Å². The van der Waals surface area contributed by atoms with Gasteiger partial charge in [0.1, 0.15) is 11.6 Å². The highest BCUT2D eigenvalue weighted by Crippen LogP contribution is 2.33. The highest BCUT2D eigenvalue weighted by molar-refractivity contribution is 6.05. The highest BCUT2D eigenvalue weighted by Gasteiger charge is 2.31. The summed E-state index contributed by atoms with van der Waals surface area (Å²) in [5.74, 6) is -1.04. The van der Waals surface area contributed by atoms with E-state index < -0.39 is 11.7 Å². The molecule has 132 valence electrons. The maximum Gasteiger partial charge on any atom is 0.233 e. The number of benzene rings is 1. The number of nitrogens with one attached hydrogen (secondary N) is 2. The number of rotatable bonds is 5. The van der Waals surface area contributed by atoms with Crippen molar-refractivity contribution in [2.75, 3.05) is 10.6 Å². The molecule has 0 radical (unpaired) electrons. The number of amides is 2. The second kappa shape index (κ2) is 7.04. The van der Waals surface area contributed by atoms with Crippen LogP contribution in [0.3, 0.4) is 0 Å². The summed E-state index contributed by atoms with van der Waals surface area (Å²) >= 11 is 0. The Labute approximate surface area is 145 Å². The van der Waals surface area contributed by atoms with E-state index >= 15 is 0 Å². The molecule has 1 aromatic carbocycles. The summed E-state index contributed by atoms with van der Waals surface area (Å²) in [6.45, 7) is 4.68. The molecule has 0 fully saturated rings. The summed E-state index contributed by atoms with van der Waals surface area (Å²) in [5, 5.41) is 9.82. The van der Waals surface area contributed by atoms with Crippen LogP contribution in [0.25, 0.3) is 0 Å². The lowest BCUT2D eigenvalue weighted by molar-refractivity contribution is -0.123. The SMILES string of the molecule is CCCCn1ncc(C)c1NC(=O)C1CC(=O)Nc2cc(F)ccc21. The predicted molar refractivity (Wildman–Crippen MR) is 92.9 cm³/mol. The fourth-order valence-corrected chi connectivity index (χ4v) is 2.99. The minimum absolute atomic E-state index is 0.0343. The fraction of sp³-hybridized carbons (Fsp3) is 0.389. The predicted octanol–water partition coefficient (Wildman–Crippen LogP) is 3.20. The molecule has 1 aliphatic heterocycles. The first kappa shape index (κ1) is 17.1. The Balaban J connectivity index is 1.85. The topological polar surface area (TPSA) is 76.0 Å². The van der Waals surface area contributed by atoms with Crippen molar-refractivity contribution in [1.82, 2.24) is 9.78 Å². The second-order valence-corrected chi connectivity index (χ2v) is 6.28. The minimum Gasteiger partial charge on any atom is -0.326 e. The number of aromatic nitrogens is 2. The number of hydrogen-bond donors (Lipinski definition) is 2. The highest BCUT2D eigenvalue weighted by atomic mass is 19.1. The van der Waals surface area contributed by atoms with E-state index in [0.29, 0.717) is 23.6 Å². The van der Waals surface area contributed by atoms with Crippen molar-refractivity contribution in [3.8, 4) is 0 Å². The molecule has 3 rings (SSSR count). The van der Waals surface area contributed by atoms with Gasteiger partial charge in [-0.3, -0.25) is 9.59 Å². The van der Waals surface area contributed by atoms with E-state index in [4.69, 9.17) is 0 Å². The van der Waals surface area contributed by atoms with Crippen LogP contribution in [0.4, 0.5) is 15.9 Å². The minimum atomic E-state index is -0.654. The number of unbranched alkanes of at least 4 members (excludes halogenated alkanes) is 1. The van der Waals surface area contributed by atoms with Crippen LogP contribution in [0.15, 0.2) is 24.4 Å². The Kier molecular flexibility index (Phi) is 4.83. The third-order valence-corrected chi connectivity index (χ3v) is 4.36. The van der Waals surface area contributed by atoms with Crippen LogP contribution in [0.1, 0.15) is 43.2 Å². The molecule has 7 heteroatoms. The fourth-order valence-electron chi connectivity index (χ4n) is 2.99. The maximum absolute atomic E-state index is 13.4. The molecule has 1 unspecified atom stereocenters. The molecule has 0 bridgehead atoms. The second-order valence-electron chi connectivity index (χ2n) is 6.28. The van der Waals surface area contributed by atoms with Crippen LogP contribution < -0.4 is 10.6 Å². The van der Waals surface area contributed by atoms with Crippen LogP contribution in [-0.4, -0.2) is 21.6 Å². The van der Waals surface area contributed by atoms with Gasteiger partial charge in [-0.1, -0.05) is 19.4 Å². The largest absolute Gasteiger partial charge is 0.326 e. The van der Waals surface area contributed by atoms with Gasteiger partial charge in [0.05, 0.1) is 12.1 Å². The number of nitrogens with zero attached hydrogens (tertiary/aromatic N) is 2. The average molecular weight is 344 g/mol.